The van der Waals surface area contributed by atoms with E-state index in [4.69, 9.17) is 9.47 Å². The van der Waals surface area contributed by atoms with Gasteiger partial charge in [0.15, 0.2) is 0 Å². The second-order valence-corrected chi connectivity index (χ2v) is 7.56. The van der Waals surface area contributed by atoms with E-state index in [1.807, 2.05) is 30.8 Å². The molecule has 0 spiro atoms. The van der Waals surface area contributed by atoms with E-state index in [0.717, 1.165) is 33.0 Å². The van der Waals surface area contributed by atoms with Crippen LogP contribution >= 0.6 is 11.8 Å². The first-order valence-electron chi connectivity index (χ1n) is 9.20. The molecule has 1 unspecified atom stereocenters. The van der Waals surface area contributed by atoms with Crippen molar-refractivity contribution in [2.24, 2.45) is 0 Å². The largest absolute Gasteiger partial charge is 0.488 e. The number of fused-ring (bicyclic) bond motifs is 2. The van der Waals surface area contributed by atoms with Crippen molar-refractivity contribution >= 4 is 39.3 Å². The Kier molecular flexibility index (Phi) is 6.40. The van der Waals surface area contributed by atoms with Gasteiger partial charge in [0.25, 0.3) is 0 Å². The lowest BCUT2D eigenvalue weighted by Crippen LogP contribution is -2.23. The van der Waals surface area contributed by atoms with Crippen LogP contribution in [0.15, 0.2) is 66.1 Å². The van der Waals surface area contributed by atoms with E-state index < -0.39 is 5.97 Å². The van der Waals surface area contributed by atoms with Crippen LogP contribution in [0.3, 0.4) is 0 Å². The molecule has 4 heteroatoms. The van der Waals surface area contributed by atoms with E-state index in [2.05, 4.69) is 49.9 Å². The highest BCUT2D eigenvalue weighted by Gasteiger charge is 2.15. The Labute approximate surface area is 164 Å². The Morgan fingerprint density at radius 3 is 2.63 bits per heavy atom. The minimum absolute atomic E-state index is 0.308. The molecular formula is C23H24O3S. The third-order valence-corrected chi connectivity index (χ3v) is 5.29. The molecule has 0 fully saturated rings. The smallest absolute Gasteiger partial charge is 0.330 e. The van der Waals surface area contributed by atoms with E-state index in [0.29, 0.717) is 13.0 Å². The number of benzene rings is 3. The maximum absolute atomic E-state index is 11.5. The van der Waals surface area contributed by atoms with E-state index in [1.165, 1.54) is 11.0 Å². The molecule has 3 nitrogen and oxygen atoms in total. The topological polar surface area (TPSA) is 35.5 Å². The Balaban J connectivity index is 2.02. The SMILES string of the molecule is C=CC(=O)OC(CC)COc1c2ccccc2cc2ccc(SCC)cc12. The summed E-state index contributed by atoms with van der Waals surface area (Å²) < 4.78 is 11.6. The molecule has 0 aliphatic rings. The van der Waals surface area contributed by atoms with Gasteiger partial charge in [-0.2, -0.15) is 0 Å². The molecule has 3 aromatic carbocycles. The zero-order valence-corrected chi connectivity index (χ0v) is 16.6. The molecule has 0 aliphatic heterocycles. The minimum Gasteiger partial charge on any atom is -0.488 e. The Hall–Kier alpha value is -2.46. The lowest BCUT2D eigenvalue weighted by atomic mass is 10.0. The normalized spacial score (nSPS) is 12.1. The first-order valence-corrected chi connectivity index (χ1v) is 10.2. The summed E-state index contributed by atoms with van der Waals surface area (Å²) in [5.74, 6) is 1.44. The summed E-state index contributed by atoms with van der Waals surface area (Å²) in [5, 5.41) is 4.41. The van der Waals surface area contributed by atoms with E-state index in [-0.39, 0.29) is 6.10 Å². The molecule has 0 aromatic heterocycles. The Bertz CT molecular complexity index is 964. The summed E-state index contributed by atoms with van der Waals surface area (Å²) in [4.78, 5) is 12.8. The van der Waals surface area contributed by atoms with Gasteiger partial charge in [-0.3, -0.25) is 0 Å². The summed E-state index contributed by atoms with van der Waals surface area (Å²) in [6, 6.07) is 16.9. The third-order valence-electron chi connectivity index (χ3n) is 4.42. The van der Waals surface area contributed by atoms with Crippen LogP contribution in [0, 0.1) is 0 Å². The molecule has 0 aliphatic carbocycles. The van der Waals surface area contributed by atoms with Gasteiger partial charge in [0, 0.05) is 21.7 Å². The summed E-state index contributed by atoms with van der Waals surface area (Å²) in [5.41, 5.74) is 0. The van der Waals surface area contributed by atoms with Gasteiger partial charge in [-0.05, 0) is 41.1 Å². The summed E-state index contributed by atoms with van der Waals surface area (Å²) in [6.45, 7) is 7.89. The molecule has 3 rings (SSSR count). The monoisotopic (exact) mass is 380 g/mol. The van der Waals surface area contributed by atoms with Crippen LogP contribution in [0.2, 0.25) is 0 Å². The highest BCUT2D eigenvalue weighted by Crippen LogP contribution is 2.37. The molecule has 0 N–H and O–H groups in total. The van der Waals surface area contributed by atoms with Gasteiger partial charge in [0.05, 0.1) is 0 Å². The molecule has 0 saturated carbocycles. The Morgan fingerprint density at radius 1 is 1.11 bits per heavy atom. The van der Waals surface area contributed by atoms with Crippen molar-refractivity contribution < 1.29 is 14.3 Å². The van der Waals surface area contributed by atoms with Gasteiger partial charge in [-0.1, -0.05) is 50.8 Å². The van der Waals surface area contributed by atoms with Crippen LogP contribution < -0.4 is 4.74 Å². The lowest BCUT2D eigenvalue weighted by molar-refractivity contribution is -0.144. The molecule has 0 heterocycles. The minimum atomic E-state index is -0.421. The van der Waals surface area contributed by atoms with Crippen molar-refractivity contribution in [2.75, 3.05) is 12.4 Å². The number of hydrogen-bond acceptors (Lipinski definition) is 4. The van der Waals surface area contributed by atoms with Gasteiger partial charge in [0.1, 0.15) is 18.5 Å². The second kappa shape index (κ2) is 8.96. The van der Waals surface area contributed by atoms with Crippen LogP contribution in [0.1, 0.15) is 20.3 Å². The molecule has 140 valence electrons. The molecule has 0 bridgehead atoms. The summed E-state index contributed by atoms with van der Waals surface area (Å²) in [6.07, 6.45) is 1.56. The number of thioether (sulfide) groups is 1. The molecule has 0 saturated heterocycles. The van der Waals surface area contributed by atoms with Crippen molar-refractivity contribution in [3.8, 4) is 5.75 Å². The lowest BCUT2D eigenvalue weighted by Gasteiger charge is -2.19. The maximum Gasteiger partial charge on any atom is 0.330 e. The van der Waals surface area contributed by atoms with Crippen LogP contribution in [-0.4, -0.2) is 24.4 Å². The van der Waals surface area contributed by atoms with Crippen LogP contribution in [0.25, 0.3) is 21.5 Å². The predicted molar refractivity (Wildman–Crippen MR) is 114 cm³/mol. The van der Waals surface area contributed by atoms with Gasteiger partial charge >= 0.3 is 5.97 Å². The number of rotatable bonds is 8. The molecule has 0 radical (unpaired) electrons. The molecule has 0 amide bonds. The predicted octanol–water partition coefficient (Wildman–Crippen LogP) is 5.99. The van der Waals surface area contributed by atoms with Crippen LogP contribution in [-0.2, 0) is 9.53 Å². The summed E-state index contributed by atoms with van der Waals surface area (Å²) in [7, 11) is 0. The quantitative estimate of drug-likeness (QED) is 0.208. The fourth-order valence-electron chi connectivity index (χ4n) is 3.04. The highest BCUT2D eigenvalue weighted by molar-refractivity contribution is 7.99. The van der Waals surface area contributed by atoms with Crippen LogP contribution in [0.4, 0.5) is 0 Å². The van der Waals surface area contributed by atoms with Crippen molar-refractivity contribution in [1.82, 2.24) is 0 Å². The number of hydrogen-bond donors (Lipinski definition) is 0. The van der Waals surface area contributed by atoms with E-state index in [9.17, 15) is 4.79 Å². The van der Waals surface area contributed by atoms with Gasteiger partial charge in [-0.15, -0.1) is 11.8 Å². The molecular weight excluding hydrogens is 356 g/mol. The molecule has 1 atom stereocenters. The van der Waals surface area contributed by atoms with E-state index >= 15 is 0 Å². The average molecular weight is 381 g/mol. The summed E-state index contributed by atoms with van der Waals surface area (Å²) >= 11 is 1.81. The van der Waals surface area contributed by atoms with Gasteiger partial charge < -0.3 is 9.47 Å². The third kappa shape index (κ3) is 4.45. The van der Waals surface area contributed by atoms with Crippen molar-refractivity contribution in [1.29, 1.82) is 0 Å². The second-order valence-electron chi connectivity index (χ2n) is 6.23. The fourth-order valence-corrected chi connectivity index (χ4v) is 3.73. The fraction of sp³-hybridized carbons (Fsp3) is 0.261. The molecule has 3 aromatic rings. The van der Waals surface area contributed by atoms with E-state index in [1.54, 1.807) is 0 Å². The van der Waals surface area contributed by atoms with Gasteiger partial charge in [0.2, 0.25) is 0 Å². The average Bonchev–Trinajstić information content (AvgIpc) is 2.70. The van der Waals surface area contributed by atoms with Crippen molar-refractivity contribution in [2.45, 2.75) is 31.3 Å². The highest BCUT2D eigenvalue weighted by atomic mass is 32.2. The van der Waals surface area contributed by atoms with Gasteiger partial charge in [-0.25, -0.2) is 4.79 Å². The number of carbonyl (C=O) groups excluding carboxylic acids is 1. The number of ether oxygens (including phenoxy) is 2. The Morgan fingerprint density at radius 2 is 1.89 bits per heavy atom. The maximum atomic E-state index is 11.5. The number of carbonyl (C=O) groups is 1. The standard InChI is InChI=1S/C23H24O3S/c1-4-18(26-22(24)5-2)15-25-23-20-10-8-7-9-16(20)13-17-11-12-19(27-6-3)14-21(17)23/h5,7-14,18H,2,4,6,15H2,1,3H3. The first kappa shape index (κ1) is 19.3. The number of esters is 1. The first-order chi connectivity index (χ1) is 13.2. The zero-order chi connectivity index (χ0) is 19.2. The van der Waals surface area contributed by atoms with Crippen molar-refractivity contribution in [3.05, 3.63) is 61.2 Å². The molecule has 27 heavy (non-hydrogen) atoms. The van der Waals surface area contributed by atoms with Crippen LogP contribution in [0.5, 0.6) is 5.75 Å². The zero-order valence-electron chi connectivity index (χ0n) is 15.7. The van der Waals surface area contributed by atoms with Crippen molar-refractivity contribution in [3.63, 3.8) is 0 Å².